The molecule has 4 aliphatic heterocycles. The van der Waals surface area contributed by atoms with Gasteiger partial charge in [-0.2, -0.15) is 0 Å². The summed E-state index contributed by atoms with van der Waals surface area (Å²) < 4.78 is 40.9. The van der Waals surface area contributed by atoms with Crippen molar-refractivity contribution in [3.05, 3.63) is 97.1 Å². The molecule has 0 saturated carbocycles. The molecule has 0 fully saturated rings. The number of fused-ring (bicyclic) bond motifs is 4. The van der Waals surface area contributed by atoms with Crippen LogP contribution >= 0.6 is 75.9 Å². The number of hydrogen-bond acceptors (Lipinski definition) is 8. The molecule has 4 aliphatic rings. The second-order valence-corrected chi connectivity index (χ2v) is 13.8. The second kappa shape index (κ2) is 15.9. The molecule has 4 heterocycles. The summed E-state index contributed by atoms with van der Waals surface area (Å²) in [6.07, 6.45) is 0. The summed E-state index contributed by atoms with van der Waals surface area (Å²) in [5.74, 6) is 5.92. The quantitative estimate of drug-likeness (QED) is 0.130. The largest absolute Gasteiger partial charge is 0.423 e. The molecule has 4 aromatic carbocycles. The van der Waals surface area contributed by atoms with Gasteiger partial charge in [-0.15, -0.1) is 0 Å². The van der Waals surface area contributed by atoms with E-state index in [0.717, 1.165) is 46.0 Å². The smallest absolute Gasteiger partial charge is 0.401 e. The molecule has 0 saturated heterocycles. The Balaban J connectivity index is 0.000000125. The number of para-hydroxylation sites is 8. The third-order valence-corrected chi connectivity index (χ3v) is 9.14. The molecule has 41 heavy (non-hydrogen) atoms. The third-order valence-electron chi connectivity index (χ3n) is 4.76. The van der Waals surface area contributed by atoms with E-state index in [2.05, 4.69) is 0 Å². The summed E-state index contributed by atoms with van der Waals surface area (Å²) in [5.41, 5.74) is 0. The van der Waals surface area contributed by atoms with Crippen LogP contribution in [0.5, 0.6) is 46.0 Å². The van der Waals surface area contributed by atoms with Crippen LogP contribution in [0.3, 0.4) is 0 Å². The van der Waals surface area contributed by atoms with E-state index in [4.69, 9.17) is 81.2 Å². The molecule has 0 bridgehead atoms. The van der Waals surface area contributed by atoms with Gasteiger partial charge in [0.2, 0.25) is 0 Å². The fourth-order valence-electron chi connectivity index (χ4n) is 3.10. The summed E-state index contributed by atoms with van der Waals surface area (Å²) in [6.45, 7) is 0. The standard InChI is InChI=1S/4C6H4ClO2P.Ni/c4*7-10-8-5-3-1-2-4-6(5)9-10;/h4*1-4H;. The van der Waals surface area contributed by atoms with Gasteiger partial charge in [0.25, 0.3) is 0 Å². The molecular formula is C24H16Cl4NiO8P4. The summed E-state index contributed by atoms with van der Waals surface area (Å²) in [5, 5.41) is 0. The van der Waals surface area contributed by atoms with E-state index < -0.39 is 30.9 Å². The molecule has 0 radical (unpaired) electrons. The summed E-state index contributed by atoms with van der Waals surface area (Å²) in [7, 11) is -4.88. The van der Waals surface area contributed by atoms with Crippen LogP contribution in [0.2, 0.25) is 0 Å². The molecule has 0 aliphatic carbocycles. The molecule has 0 aromatic heterocycles. The van der Waals surface area contributed by atoms with Crippen LogP contribution in [-0.2, 0) is 16.5 Å². The molecule has 0 atom stereocenters. The average molecular weight is 757 g/mol. The van der Waals surface area contributed by atoms with Crippen LogP contribution in [0.1, 0.15) is 0 Å². The van der Waals surface area contributed by atoms with Gasteiger partial charge in [0.05, 0.1) is 0 Å². The predicted molar refractivity (Wildman–Crippen MR) is 162 cm³/mol. The van der Waals surface area contributed by atoms with Gasteiger partial charge in [-0.3, -0.25) is 0 Å². The fourth-order valence-corrected chi connectivity index (χ4v) is 7.47. The molecule has 4 aromatic rings. The van der Waals surface area contributed by atoms with Gasteiger partial charge in [0, 0.05) is 16.5 Å². The molecule has 8 rings (SSSR count). The molecule has 17 heteroatoms. The normalized spacial score (nSPS) is 15.3. The van der Waals surface area contributed by atoms with E-state index in [1.165, 1.54) is 0 Å². The van der Waals surface area contributed by atoms with Crippen molar-refractivity contribution in [3.63, 3.8) is 0 Å². The Morgan fingerprint density at radius 3 is 0.537 bits per heavy atom. The molecule has 0 amide bonds. The topological polar surface area (TPSA) is 73.8 Å². The van der Waals surface area contributed by atoms with Crippen LogP contribution < -0.4 is 36.2 Å². The Morgan fingerprint density at radius 1 is 0.293 bits per heavy atom. The van der Waals surface area contributed by atoms with Crippen LogP contribution in [-0.4, -0.2) is 0 Å². The number of halogens is 4. The fraction of sp³-hybridized carbons (Fsp3) is 0. The first-order valence-electron chi connectivity index (χ1n) is 11.1. The Kier molecular flexibility index (Phi) is 12.7. The molecule has 0 unspecified atom stereocenters. The Bertz CT molecular complexity index is 1130. The van der Waals surface area contributed by atoms with Crippen molar-refractivity contribution < 1.29 is 52.7 Å². The van der Waals surface area contributed by atoms with Crippen molar-refractivity contribution >= 4 is 75.9 Å². The summed E-state index contributed by atoms with van der Waals surface area (Å²) >= 11 is 22.4. The van der Waals surface area contributed by atoms with Gasteiger partial charge in [0.1, 0.15) is 0 Å². The van der Waals surface area contributed by atoms with Gasteiger partial charge in [-0.05, 0) is 93.5 Å². The number of rotatable bonds is 0. The van der Waals surface area contributed by atoms with Crippen LogP contribution in [0.4, 0.5) is 0 Å². The van der Waals surface area contributed by atoms with Crippen LogP contribution in [0.25, 0.3) is 0 Å². The third kappa shape index (κ3) is 9.32. The second-order valence-electron chi connectivity index (χ2n) is 7.37. The Labute approximate surface area is 270 Å². The van der Waals surface area contributed by atoms with Crippen LogP contribution in [0, 0.1) is 0 Å². The van der Waals surface area contributed by atoms with Gasteiger partial charge in [0.15, 0.2) is 46.0 Å². The SMILES string of the molecule is ClP1Oc2ccccc2O1.ClP1Oc2ccccc2O1.ClP1Oc2ccccc2O1.ClP1Oc2ccccc2O1.[Ni]. The Hall–Kier alpha value is -1.35. The first-order valence-corrected chi connectivity index (χ1v) is 19.4. The van der Waals surface area contributed by atoms with Crippen molar-refractivity contribution in [2.75, 3.05) is 0 Å². The van der Waals surface area contributed by atoms with E-state index in [0.29, 0.717) is 0 Å². The van der Waals surface area contributed by atoms with E-state index in [-0.39, 0.29) is 16.5 Å². The minimum atomic E-state index is -1.22. The molecule has 8 nitrogen and oxygen atoms in total. The molecule has 0 spiro atoms. The molecule has 218 valence electrons. The average Bonchev–Trinajstić information content (AvgIpc) is 3.71. The van der Waals surface area contributed by atoms with E-state index in [1.807, 2.05) is 97.1 Å². The zero-order valence-corrected chi connectivity index (χ0v) is 27.7. The zero-order chi connectivity index (χ0) is 27.9. The maximum Gasteiger partial charge on any atom is 0.401 e. The minimum Gasteiger partial charge on any atom is -0.423 e. The summed E-state index contributed by atoms with van der Waals surface area (Å²) in [6, 6.07) is 29.7. The van der Waals surface area contributed by atoms with Gasteiger partial charge in [-0.1, -0.05) is 48.5 Å². The molecular weight excluding hydrogens is 741 g/mol. The van der Waals surface area contributed by atoms with Gasteiger partial charge >= 0.3 is 30.9 Å². The predicted octanol–water partition coefficient (Wildman–Crippen LogP) is 11.7. The van der Waals surface area contributed by atoms with Crippen molar-refractivity contribution in [2.24, 2.45) is 0 Å². The minimum absolute atomic E-state index is 0. The number of hydrogen-bond donors (Lipinski definition) is 0. The molecule has 0 N–H and O–H groups in total. The van der Waals surface area contributed by atoms with Crippen molar-refractivity contribution in [2.45, 2.75) is 0 Å². The van der Waals surface area contributed by atoms with Gasteiger partial charge in [-0.25, -0.2) is 0 Å². The van der Waals surface area contributed by atoms with E-state index in [1.54, 1.807) is 0 Å². The number of benzene rings is 4. The monoisotopic (exact) mass is 754 g/mol. The van der Waals surface area contributed by atoms with Crippen molar-refractivity contribution in [1.82, 2.24) is 0 Å². The first kappa shape index (κ1) is 32.6. The van der Waals surface area contributed by atoms with E-state index in [9.17, 15) is 0 Å². The Morgan fingerprint density at radius 2 is 0.415 bits per heavy atom. The van der Waals surface area contributed by atoms with Crippen molar-refractivity contribution in [1.29, 1.82) is 0 Å². The first-order chi connectivity index (χ1) is 19.4. The summed E-state index contributed by atoms with van der Waals surface area (Å²) in [4.78, 5) is 0. The maximum absolute atomic E-state index is 5.60. The van der Waals surface area contributed by atoms with E-state index >= 15 is 0 Å². The van der Waals surface area contributed by atoms with Crippen molar-refractivity contribution in [3.8, 4) is 46.0 Å². The zero-order valence-electron chi connectivity index (χ0n) is 20.1. The van der Waals surface area contributed by atoms with Crippen LogP contribution in [0.15, 0.2) is 97.1 Å². The van der Waals surface area contributed by atoms with Gasteiger partial charge < -0.3 is 36.2 Å². The maximum atomic E-state index is 5.60.